The van der Waals surface area contributed by atoms with Crippen molar-refractivity contribution >= 4 is 23.4 Å². The van der Waals surface area contributed by atoms with Gasteiger partial charge in [-0.2, -0.15) is 0 Å². The largest absolute Gasteiger partial charge is 0.419 e. The lowest BCUT2D eigenvalue weighted by molar-refractivity contribution is 0.213. The third kappa shape index (κ3) is 4.41. The first-order valence-corrected chi connectivity index (χ1v) is 7.06. The van der Waals surface area contributed by atoms with Crippen LogP contribution >= 0.6 is 0 Å². The predicted molar refractivity (Wildman–Crippen MR) is 85.9 cm³/mol. The normalized spacial score (nSPS) is 10.2. The summed E-state index contributed by atoms with van der Waals surface area (Å²) in [5.41, 5.74) is 1.10. The first kappa shape index (κ1) is 16.2. The maximum Gasteiger partial charge on any atom is 0.419 e. The molecule has 3 heterocycles. The van der Waals surface area contributed by atoms with Crippen LogP contribution in [0.1, 0.15) is 5.69 Å². The number of aromatic nitrogens is 5. The zero-order valence-corrected chi connectivity index (χ0v) is 13.0. The molecule has 3 aromatic rings. The van der Waals surface area contributed by atoms with Crippen LogP contribution in [0.25, 0.3) is 0 Å². The molecule has 0 fully saturated rings. The number of aryl methyl sites for hydroxylation is 1. The number of ether oxygens (including phenoxy) is 1. The van der Waals surface area contributed by atoms with Crippen molar-refractivity contribution in [2.24, 2.45) is 0 Å². The van der Waals surface area contributed by atoms with Gasteiger partial charge in [-0.1, -0.05) is 0 Å². The van der Waals surface area contributed by atoms with E-state index in [1.807, 2.05) is 0 Å². The van der Waals surface area contributed by atoms with Crippen LogP contribution in [0.15, 0.2) is 43.2 Å². The molecule has 10 heteroatoms. The van der Waals surface area contributed by atoms with Gasteiger partial charge < -0.3 is 10.1 Å². The number of hydrogen-bond donors (Lipinski definition) is 2. The third-order valence-corrected chi connectivity index (χ3v) is 2.83. The van der Waals surface area contributed by atoms with E-state index in [0.29, 0.717) is 11.4 Å². The average molecular weight is 341 g/mol. The fraction of sp³-hybridized carbons (Fsp3) is 0.0667. The van der Waals surface area contributed by atoms with E-state index in [9.17, 15) is 9.18 Å². The molecule has 126 valence electrons. The molecule has 3 aromatic heterocycles. The minimum Gasteiger partial charge on any atom is -0.387 e. The van der Waals surface area contributed by atoms with Gasteiger partial charge in [-0.3, -0.25) is 5.32 Å². The Labute approximate surface area is 141 Å². The fourth-order valence-electron chi connectivity index (χ4n) is 1.78. The number of amides is 1. The molecule has 0 unspecified atom stereocenters. The Hall–Kier alpha value is -3.69. The van der Waals surface area contributed by atoms with Crippen molar-refractivity contribution in [1.29, 1.82) is 0 Å². The molecule has 0 aromatic carbocycles. The smallest absolute Gasteiger partial charge is 0.387 e. The quantitative estimate of drug-likeness (QED) is 0.743. The number of hydrogen-bond acceptors (Lipinski definition) is 8. The van der Waals surface area contributed by atoms with Gasteiger partial charge in [0.25, 0.3) is 5.88 Å². The summed E-state index contributed by atoms with van der Waals surface area (Å²) in [4.78, 5) is 31.7. The molecule has 0 atom stereocenters. The molecule has 0 aliphatic carbocycles. The monoisotopic (exact) mass is 341 g/mol. The van der Waals surface area contributed by atoms with Crippen LogP contribution in [-0.4, -0.2) is 31.0 Å². The molecule has 0 saturated carbocycles. The highest BCUT2D eigenvalue weighted by molar-refractivity contribution is 5.85. The van der Waals surface area contributed by atoms with E-state index in [0.717, 1.165) is 12.3 Å². The van der Waals surface area contributed by atoms with Crippen LogP contribution < -0.4 is 15.4 Å². The van der Waals surface area contributed by atoms with Gasteiger partial charge in [0.15, 0.2) is 5.82 Å². The van der Waals surface area contributed by atoms with Crippen LogP contribution in [0.2, 0.25) is 0 Å². The average Bonchev–Trinajstić information content (AvgIpc) is 2.60. The third-order valence-electron chi connectivity index (χ3n) is 2.83. The number of nitrogens with one attached hydrogen (secondary N) is 2. The standard InChI is InChI=1S/C15H12FN7O2/c1-9-4-20-13(22-11-6-17-8-18-7-11)14(21-9)25-15(24)23-12-3-2-10(16)5-19-12/h2-8H,1H3,(H,20,22)(H,19,23,24). The van der Waals surface area contributed by atoms with E-state index >= 15 is 0 Å². The van der Waals surface area contributed by atoms with Crippen LogP contribution in [0.3, 0.4) is 0 Å². The van der Waals surface area contributed by atoms with Gasteiger partial charge in [0.1, 0.15) is 18.0 Å². The summed E-state index contributed by atoms with van der Waals surface area (Å²) in [5, 5.41) is 5.28. The summed E-state index contributed by atoms with van der Waals surface area (Å²) < 4.78 is 18.0. The van der Waals surface area contributed by atoms with Gasteiger partial charge in [0, 0.05) is 0 Å². The summed E-state index contributed by atoms with van der Waals surface area (Å²) >= 11 is 0. The van der Waals surface area contributed by atoms with Gasteiger partial charge in [0.05, 0.1) is 36.2 Å². The topological polar surface area (TPSA) is 115 Å². The van der Waals surface area contributed by atoms with E-state index in [2.05, 4.69) is 35.6 Å². The second-order valence-corrected chi connectivity index (χ2v) is 4.79. The minimum atomic E-state index is -0.841. The van der Waals surface area contributed by atoms with Crippen LogP contribution in [-0.2, 0) is 0 Å². The molecule has 2 N–H and O–H groups in total. The summed E-state index contributed by atoms with van der Waals surface area (Å²) in [6.07, 6.45) is 6.09. The number of nitrogens with zero attached hydrogens (tertiary/aromatic N) is 5. The first-order chi connectivity index (χ1) is 12.1. The van der Waals surface area contributed by atoms with Crippen molar-refractivity contribution in [3.8, 4) is 5.88 Å². The zero-order valence-electron chi connectivity index (χ0n) is 13.0. The lowest BCUT2D eigenvalue weighted by Crippen LogP contribution is -2.19. The Morgan fingerprint density at radius 1 is 1.12 bits per heavy atom. The van der Waals surface area contributed by atoms with Crippen LogP contribution in [0, 0.1) is 12.7 Å². The highest BCUT2D eigenvalue weighted by Gasteiger charge is 2.14. The zero-order chi connectivity index (χ0) is 17.6. The van der Waals surface area contributed by atoms with E-state index in [1.165, 1.54) is 31.0 Å². The molecule has 0 saturated heterocycles. The number of anilines is 3. The maximum atomic E-state index is 12.8. The van der Waals surface area contributed by atoms with E-state index in [4.69, 9.17) is 4.74 Å². The summed E-state index contributed by atoms with van der Waals surface area (Å²) in [6.45, 7) is 1.70. The van der Waals surface area contributed by atoms with Gasteiger partial charge in [-0.05, 0) is 19.1 Å². The molecule has 9 nitrogen and oxygen atoms in total. The SMILES string of the molecule is Cc1cnc(Nc2cncnc2)c(OC(=O)Nc2ccc(F)cn2)n1. The van der Waals surface area contributed by atoms with Crippen molar-refractivity contribution in [2.45, 2.75) is 6.92 Å². The molecule has 25 heavy (non-hydrogen) atoms. The van der Waals surface area contributed by atoms with E-state index in [1.54, 1.807) is 6.92 Å². The van der Waals surface area contributed by atoms with Crippen molar-refractivity contribution < 1.29 is 13.9 Å². The molecule has 0 aliphatic rings. The molecule has 0 bridgehead atoms. The van der Waals surface area contributed by atoms with E-state index in [-0.39, 0.29) is 17.5 Å². The van der Waals surface area contributed by atoms with Crippen LogP contribution in [0.5, 0.6) is 5.88 Å². The summed E-state index contributed by atoms with van der Waals surface area (Å²) in [7, 11) is 0. The second-order valence-electron chi connectivity index (χ2n) is 4.79. The first-order valence-electron chi connectivity index (χ1n) is 7.06. The Morgan fingerprint density at radius 3 is 2.64 bits per heavy atom. The second kappa shape index (κ2) is 7.25. The van der Waals surface area contributed by atoms with Crippen LogP contribution in [0.4, 0.5) is 26.5 Å². The number of pyridine rings is 1. The fourth-order valence-corrected chi connectivity index (χ4v) is 1.78. The van der Waals surface area contributed by atoms with Gasteiger partial charge >= 0.3 is 6.09 Å². The molecular formula is C15H12FN7O2. The van der Waals surface area contributed by atoms with E-state index < -0.39 is 11.9 Å². The van der Waals surface area contributed by atoms with Gasteiger partial charge in [-0.25, -0.2) is 34.1 Å². The summed E-state index contributed by atoms with van der Waals surface area (Å²) in [5.74, 6) is -0.205. The van der Waals surface area contributed by atoms with Gasteiger partial charge in [-0.15, -0.1) is 0 Å². The van der Waals surface area contributed by atoms with Crippen molar-refractivity contribution in [3.63, 3.8) is 0 Å². The molecule has 0 aliphatic heterocycles. The summed E-state index contributed by atoms with van der Waals surface area (Å²) in [6, 6.07) is 2.47. The Bertz CT molecular complexity index is 875. The number of carbonyl (C=O) groups is 1. The number of carbonyl (C=O) groups excluding carboxylic acids is 1. The predicted octanol–water partition coefficient (Wildman–Crippen LogP) is 2.46. The molecule has 0 spiro atoms. The molecular weight excluding hydrogens is 329 g/mol. The Morgan fingerprint density at radius 2 is 1.92 bits per heavy atom. The Balaban J connectivity index is 1.75. The van der Waals surface area contributed by atoms with Gasteiger partial charge in [0.2, 0.25) is 0 Å². The Kier molecular flexibility index (Phi) is 4.69. The highest BCUT2D eigenvalue weighted by atomic mass is 19.1. The van der Waals surface area contributed by atoms with Crippen molar-refractivity contribution in [2.75, 3.05) is 10.6 Å². The molecule has 3 rings (SSSR count). The highest BCUT2D eigenvalue weighted by Crippen LogP contribution is 2.23. The lowest BCUT2D eigenvalue weighted by Gasteiger charge is -2.10. The number of halogens is 1. The van der Waals surface area contributed by atoms with Crippen molar-refractivity contribution in [3.05, 3.63) is 54.8 Å². The molecule has 1 amide bonds. The minimum absolute atomic E-state index is 0.0385. The lowest BCUT2D eigenvalue weighted by atomic mass is 10.4. The maximum absolute atomic E-state index is 12.8. The molecule has 0 radical (unpaired) electrons. The van der Waals surface area contributed by atoms with Crippen molar-refractivity contribution in [1.82, 2.24) is 24.9 Å². The number of rotatable bonds is 4.